The fraction of sp³-hybridized carbons (Fsp3) is 0.222. The Balaban J connectivity index is 1.95. The molecule has 0 bridgehead atoms. The van der Waals surface area contributed by atoms with Gasteiger partial charge in [-0.1, -0.05) is 0 Å². The van der Waals surface area contributed by atoms with Crippen molar-refractivity contribution in [3.63, 3.8) is 0 Å². The van der Waals surface area contributed by atoms with Crippen LogP contribution in [-0.2, 0) is 10.3 Å². The minimum Gasteiger partial charge on any atom is -0.386 e. The number of likely N-dealkylation sites (N-methyl/N-ethyl adjacent to an activating group) is 1. The van der Waals surface area contributed by atoms with Gasteiger partial charge in [-0.05, 0) is 53.2 Å². The molecule has 0 aliphatic carbocycles. The molecule has 1 aromatic carbocycles. The standard InChI is InChI=1S/C18H17BrFN5O2/c1-18(17(27)25(2)9-15(21)24-18)12-7-11(4-5-13(12)20)23-16(26)14-6-3-10(19)8-22-14/h3-8H,9H2,1-2H3,(H2,21,24)(H,23,26). The molecule has 3 rings (SSSR count). The largest absolute Gasteiger partial charge is 0.386 e. The molecule has 2 aromatic rings. The molecule has 1 aliphatic rings. The van der Waals surface area contributed by atoms with Crippen LogP contribution in [0.1, 0.15) is 23.0 Å². The summed E-state index contributed by atoms with van der Waals surface area (Å²) in [7, 11) is 1.57. The Morgan fingerprint density at radius 3 is 2.78 bits per heavy atom. The van der Waals surface area contributed by atoms with E-state index in [4.69, 9.17) is 5.73 Å². The number of rotatable bonds is 3. The van der Waals surface area contributed by atoms with Gasteiger partial charge < -0.3 is 16.0 Å². The number of carbonyl (C=O) groups excluding carboxylic acids is 2. The number of anilines is 1. The Morgan fingerprint density at radius 2 is 2.11 bits per heavy atom. The van der Waals surface area contributed by atoms with Crippen molar-refractivity contribution >= 4 is 39.3 Å². The van der Waals surface area contributed by atoms with Crippen LogP contribution in [0.25, 0.3) is 0 Å². The average molecular weight is 434 g/mol. The van der Waals surface area contributed by atoms with Crippen LogP contribution in [0.4, 0.5) is 10.1 Å². The van der Waals surface area contributed by atoms with E-state index < -0.39 is 17.3 Å². The molecule has 0 radical (unpaired) electrons. The number of carbonyl (C=O) groups is 2. The molecule has 2 heterocycles. The maximum absolute atomic E-state index is 14.5. The molecule has 0 spiro atoms. The highest BCUT2D eigenvalue weighted by molar-refractivity contribution is 9.10. The SMILES string of the molecule is CN1CC(N)=NC(C)(c2cc(NC(=O)c3ccc(Br)cn3)ccc2F)C1=O. The Hall–Kier alpha value is -2.81. The summed E-state index contributed by atoms with van der Waals surface area (Å²) in [6.45, 7) is 1.68. The minimum absolute atomic E-state index is 0.0311. The number of benzene rings is 1. The first-order valence-corrected chi connectivity index (χ1v) is 8.82. The summed E-state index contributed by atoms with van der Waals surface area (Å²) in [6, 6.07) is 7.21. The highest BCUT2D eigenvalue weighted by Gasteiger charge is 2.42. The molecule has 1 unspecified atom stereocenters. The number of amidine groups is 1. The van der Waals surface area contributed by atoms with Crippen molar-refractivity contribution in [1.82, 2.24) is 9.88 Å². The Bertz CT molecular complexity index is 947. The lowest BCUT2D eigenvalue weighted by molar-refractivity contribution is -0.135. The van der Waals surface area contributed by atoms with Gasteiger partial charge in [-0.3, -0.25) is 9.59 Å². The van der Waals surface area contributed by atoms with Gasteiger partial charge in [-0.15, -0.1) is 0 Å². The van der Waals surface area contributed by atoms with Gasteiger partial charge in [0.05, 0.1) is 6.54 Å². The predicted octanol–water partition coefficient (Wildman–Crippen LogP) is 2.28. The zero-order valence-corrected chi connectivity index (χ0v) is 16.2. The third kappa shape index (κ3) is 3.68. The van der Waals surface area contributed by atoms with Crippen LogP contribution in [0.5, 0.6) is 0 Å². The molecular formula is C18H17BrFN5O2. The van der Waals surface area contributed by atoms with Crippen molar-refractivity contribution in [3.05, 3.63) is 58.1 Å². The van der Waals surface area contributed by atoms with E-state index >= 15 is 0 Å². The molecule has 0 fully saturated rings. The molecule has 7 nitrogen and oxygen atoms in total. The molecule has 1 aliphatic heterocycles. The minimum atomic E-state index is -1.50. The molecule has 1 atom stereocenters. The van der Waals surface area contributed by atoms with Gasteiger partial charge in [-0.2, -0.15) is 0 Å². The van der Waals surface area contributed by atoms with E-state index in [0.29, 0.717) is 5.69 Å². The predicted molar refractivity (Wildman–Crippen MR) is 103 cm³/mol. The quantitative estimate of drug-likeness (QED) is 0.774. The smallest absolute Gasteiger partial charge is 0.274 e. The van der Waals surface area contributed by atoms with Gasteiger partial charge >= 0.3 is 0 Å². The lowest BCUT2D eigenvalue weighted by atomic mass is 9.89. The van der Waals surface area contributed by atoms with Crippen molar-refractivity contribution in [1.29, 1.82) is 0 Å². The summed E-state index contributed by atoms with van der Waals surface area (Å²) in [6.07, 6.45) is 1.50. The van der Waals surface area contributed by atoms with Gasteiger partial charge in [-0.25, -0.2) is 14.4 Å². The summed E-state index contributed by atoms with van der Waals surface area (Å²) in [5, 5.41) is 2.65. The van der Waals surface area contributed by atoms with Crippen molar-refractivity contribution in [2.24, 2.45) is 10.7 Å². The molecule has 140 valence electrons. The Labute approximate surface area is 163 Å². The number of pyridine rings is 1. The Morgan fingerprint density at radius 1 is 1.37 bits per heavy atom. The van der Waals surface area contributed by atoms with Crippen LogP contribution in [0.2, 0.25) is 0 Å². The molecule has 27 heavy (non-hydrogen) atoms. The van der Waals surface area contributed by atoms with Crippen LogP contribution >= 0.6 is 15.9 Å². The molecule has 1 aromatic heterocycles. The fourth-order valence-electron chi connectivity index (χ4n) is 2.91. The van der Waals surface area contributed by atoms with Gasteiger partial charge in [0.2, 0.25) is 0 Å². The van der Waals surface area contributed by atoms with Crippen molar-refractivity contribution in [2.45, 2.75) is 12.5 Å². The van der Waals surface area contributed by atoms with Crippen LogP contribution in [-0.4, -0.2) is 41.1 Å². The lowest BCUT2D eigenvalue weighted by Gasteiger charge is -2.34. The van der Waals surface area contributed by atoms with E-state index in [0.717, 1.165) is 4.47 Å². The second-order valence-electron chi connectivity index (χ2n) is 6.35. The first kappa shape index (κ1) is 19.0. The first-order chi connectivity index (χ1) is 12.7. The van der Waals surface area contributed by atoms with Crippen LogP contribution in [0.15, 0.2) is 46.0 Å². The summed E-state index contributed by atoms with van der Waals surface area (Å²) in [5.74, 6) is -1.22. The molecule has 9 heteroatoms. The average Bonchev–Trinajstić information content (AvgIpc) is 2.61. The van der Waals surface area contributed by atoms with E-state index in [1.54, 1.807) is 19.2 Å². The van der Waals surface area contributed by atoms with E-state index in [1.165, 1.54) is 36.2 Å². The highest BCUT2D eigenvalue weighted by Crippen LogP contribution is 2.33. The molecule has 0 saturated carbocycles. The third-order valence-electron chi connectivity index (χ3n) is 4.24. The number of nitrogens with zero attached hydrogens (tertiary/aromatic N) is 3. The van der Waals surface area contributed by atoms with Gasteiger partial charge in [0.25, 0.3) is 11.8 Å². The molecule has 2 amide bonds. The van der Waals surface area contributed by atoms with Gasteiger partial charge in [0.1, 0.15) is 17.3 Å². The second-order valence-corrected chi connectivity index (χ2v) is 7.26. The normalized spacial score (nSPS) is 19.6. The number of halogens is 2. The van der Waals surface area contributed by atoms with Crippen molar-refractivity contribution in [2.75, 3.05) is 18.9 Å². The molecular weight excluding hydrogens is 417 g/mol. The number of nitrogens with two attached hydrogens (primary N) is 1. The van der Waals surface area contributed by atoms with E-state index in [2.05, 4.69) is 31.2 Å². The summed E-state index contributed by atoms with van der Waals surface area (Å²) >= 11 is 3.25. The van der Waals surface area contributed by atoms with Crippen LogP contribution in [0.3, 0.4) is 0 Å². The summed E-state index contributed by atoms with van der Waals surface area (Å²) in [4.78, 5) is 34.6. The lowest BCUT2D eigenvalue weighted by Crippen LogP contribution is -2.51. The van der Waals surface area contributed by atoms with Gasteiger partial charge in [0.15, 0.2) is 5.54 Å². The number of aliphatic imine (C=N–C) groups is 1. The topological polar surface area (TPSA) is 101 Å². The number of aromatic nitrogens is 1. The van der Waals surface area contributed by atoms with E-state index in [-0.39, 0.29) is 29.5 Å². The number of hydrogen-bond donors (Lipinski definition) is 2. The van der Waals surface area contributed by atoms with E-state index in [1.807, 2.05) is 0 Å². The van der Waals surface area contributed by atoms with Crippen LogP contribution < -0.4 is 11.1 Å². The number of nitrogens with one attached hydrogen (secondary N) is 1. The monoisotopic (exact) mass is 433 g/mol. The molecule has 3 N–H and O–H groups in total. The zero-order chi connectivity index (χ0) is 19.8. The van der Waals surface area contributed by atoms with Crippen LogP contribution in [0, 0.1) is 5.82 Å². The zero-order valence-electron chi connectivity index (χ0n) is 14.7. The van der Waals surface area contributed by atoms with Crippen molar-refractivity contribution < 1.29 is 14.0 Å². The molecule has 0 saturated heterocycles. The maximum Gasteiger partial charge on any atom is 0.274 e. The van der Waals surface area contributed by atoms with E-state index in [9.17, 15) is 14.0 Å². The number of amides is 2. The second kappa shape index (κ2) is 7.07. The van der Waals surface area contributed by atoms with Crippen molar-refractivity contribution in [3.8, 4) is 0 Å². The highest BCUT2D eigenvalue weighted by atomic mass is 79.9. The third-order valence-corrected chi connectivity index (χ3v) is 4.71. The first-order valence-electron chi connectivity index (χ1n) is 8.03. The fourth-order valence-corrected chi connectivity index (χ4v) is 3.15. The van der Waals surface area contributed by atoms with Gasteiger partial charge in [0, 0.05) is 29.0 Å². The summed E-state index contributed by atoms with van der Waals surface area (Å²) < 4.78 is 15.3. The summed E-state index contributed by atoms with van der Waals surface area (Å²) in [5.41, 5.74) is 4.85. The number of hydrogen-bond acceptors (Lipinski definition) is 5. The maximum atomic E-state index is 14.5. The Kier molecular flexibility index (Phi) is 4.97.